The number of hydrogen-bond donors (Lipinski definition) is 1. The number of nitrogens with one attached hydrogen (secondary N) is 1. The molecule has 1 saturated carbocycles. The molecular weight excluding hydrogens is 447 g/mol. The van der Waals surface area contributed by atoms with Gasteiger partial charge < -0.3 is 24.6 Å². The van der Waals surface area contributed by atoms with Crippen molar-refractivity contribution in [2.45, 2.75) is 31.8 Å². The van der Waals surface area contributed by atoms with Crippen LogP contribution in [0.1, 0.15) is 25.7 Å². The van der Waals surface area contributed by atoms with E-state index in [9.17, 15) is 14.0 Å². The predicted octanol–water partition coefficient (Wildman–Crippen LogP) is 2.55. The normalized spacial score (nSPS) is 21.1. The van der Waals surface area contributed by atoms with Crippen molar-refractivity contribution in [2.75, 3.05) is 62.8 Å². The number of piperazine rings is 1. The molecule has 1 N–H and O–H groups in total. The summed E-state index contributed by atoms with van der Waals surface area (Å²) in [6, 6.07) is 4.79. The third kappa shape index (κ3) is 5.73. The molecular formula is C23H31FN4O4S. The lowest BCUT2D eigenvalue weighted by Crippen LogP contribution is -2.50. The van der Waals surface area contributed by atoms with Gasteiger partial charge in [0.2, 0.25) is 5.91 Å². The average Bonchev–Trinajstić information content (AvgIpc) is 3.15. The average molecular weight is 479 g/mol. The molecule has 33 heavy (non-hydrogen) atoms. The summed E-state index contributed by atoms with van der Waals surface area (Å²) in [6.07, 6.45) is 3.82. The second-order valence-corrected chi connectivity index (χ2v) is 9.35. The van der Waals surface area contributed by atoms with Crippen molar-refractivity contribution in [1.29, 1.82) is 0 Å². The number of carbonyl (C=O) groups excluding carboxylic acids is 2. The largest absolute Gasteiger partial charge is 0.442 e. The van der Waals surface area contributed by atoms with E-state index >= 15 is 0 Å². The molecule has 10 heteroatoms. The van der Waals surface area contributed by atoms with E-state index in [1.54, 1.807) is 17.0 Å². The van der Waals surface area contributed by atoms with Gasteiger partial charge in [0.05, 0.1) is 29.5 Å². The summed E-state index contributed by atoms with van der Waals surface area (Å²) in [6.45, 7) is 2.95. The van der Waals surface area contributed by atoms with E-state index in [0.29, 0.717) is 56.6 Å². The Labute approximate surface area is 199 Å². The Morgan fingerprint density at radius 1 is 1.27 bits per heavy atom. The van der Waals surface area contributed by atoms with Crippen molar-refractivity contribution in [3.05, 3.63) is 24.0 Å². The minimum Gasteiger partial charge on any atom is -0.442 e. The van der Waals surface area contributed by atoms with Crippen LogP contribution in [-0.2, 0) is 14.3 Å². The third-order valence-corrected chi connectivity index (χ3v) is 6.89. The lowest BCUT2D eigenvalue weighted by atomic mass is 9.83. The summed E-state index contributed by atoms with van der Waals surface area (Å²) in [4.78, 5) is 30.2. The molecule has 3 fully saturated rings. The maximum Gasteiger partial charge on any atom is 0.414 e. The Bertz CT molecular complexity index is 889. The first-order valence-corrected chi connectivity index (χ1v) is 11.9. The van der Waals surface area contributed by atoms with Gasteiger partial charge in [0.15, 0.2) is 0 Å². The molecule has 180 valence electrons. The van der Waals surface area contributed by atoms with Gasteiger partial charge in [0.1, 0.15) is 18.5 Å². The van der Waals surface area contributed by atoms with Gasteiger partial charge in [-0.05, 0) is 24.1 Å². The second-order valence-electron chi connectivity index (χ2n) is 8.86. The van der Waals surface area contributed by atoms with Crippen LogP contribution in [0, 0.1) is 11.7 Å². The fourth-order valence-electron chi connectivity index (χ4n) is 4.43. The topological polar surface area (TPSA) is 74.3 Å². The second kappa shape index (κ2) is 10.6. The van der Waals surface area contributed by atoms with Gasteiger partial charge in [-0.25, -0.2) is 9.18 Å². The molecule has 1 aromatic carbocycles. The maximum atomic E-state index is 15.0. The van der Waals surface area contributed by atoms with Gasteiger partial charge >= 0.3 is 6.09 Å². The molecule has 0 spiro atoms. The molecule has 2 heterocycles. The Balaban J connectivity index is 1.30. The fourth-order valence-corrected chi connectivity index (χ4v) is 4.75. The zero-order valence-electron chi connectivity index (χ0n) is 18.9. The zero-order chi connectivity index (χ0) is 23.4. The molecule has 1 aliphatic carbocycles. The van der Waals surface area contributed by atoms with Crippen LogP contribution in [0.25, 0.3) is 0 Å². The molecule has 1 aromatic rings. The predicted molar refractivity (Wildman–Crippen MR) is 127 cm³/mol. The van der Waals surface area contributed by atoms with Crippen LogP contribution in [-0.4, -0.2) is 81.0 Å². The first-order chi connectivity index (χ1) is 15.9. The Morgan fingerprint density at radius 2 is 2.03 bits per heavy atom. The minimum atomic E-state index is -0.482. The van der Waals surface area contributed by atoms with Crippen molar-refractivity contribution >= 4 is 40.6 Å². The number of carbonyl (C=O) groups is 2. The van der Waals surface area contributed by atoms with Gasteiger partial charge in [-0.3, -0.25) is 9.69 Å². The van der Waals surface area contributed by atoms with Crippen LogP contribution in [0.2, 0.25) is 0 Å². The number of ether oxygens (including phenoxy) is 2. The Hall–Kier alpha value is -2.46. The van der Waals surface area contributed by atoms with Crippen LogP contribution in [0.4, 0.5) is 20.6 Å². The quantitative estimate of drug-likeness (QED) is 0.576. The number of amides is 2. The highest BCUT2D eigenvalue weighted by Gasteiger charge is 2.33. The number of anilines is 2. The standard InChI is InChI=1S/C23H31FN4O4S/c1-31-15-22(29)27-9-7-26(8-10-27)20-6-5-17(12-19(20)24)28-14-18(32-23(28)30)13-25-21(33)11-16-3-2-4-16/h5-6,12,16,18H,2-4,7-11,13-15H2,1H3,(H,25,33)/t18-/m0/s1. The van der Waals surface area contributed by atoms with Gasteiger partial charge in [-0.15, -0.1) is 0 Å². The van der Waals surface area contributed by atoms with Gasteiger partial charge in [-0.2, -0.15) is 0 Å². The number of hydrogen-bond acceptors (Lipinski definition) is 6. The number of benzene rings is 1. The van der Waals surface area contributed by atoms with Crippen LogP contribution < -0.4 is 15.1 Å². The molecule has 0 radical (unpaired) electrons. The van der Waals surface area contributed by atoms with Gasteiger partial charge in [-0.1, -0.05) is 31.5 Å². The lowest BCUT2D eigenvalue weighted by Gasteiger charge is -2.36. The molecule has 0 bridgehead atoms. The van der Waals surface area contributed by atoms with Crippen molar-refractivity contribution in [3.8, 4) is 0 Å². The van der Waals surface area contributed by atoms with E-state index in [0.717, 1.165) is 11.4 Å². The van der Waals surface area contributed by atoms with E-state index in [1.807, 2.05) is 4.90 Å². The van der Waals surface area contributed by atoms with Crippen LogP contribution >= 0.6 is 12.2 Å². The molecule has 8 nitrogen and oxygen atoms in total. The molecule has 0 unspecified atom stereocenters. The molecule has 3 aliphatic rings. The minimum absolute atomic E-state index is 0.0534. The monoisotopic (exact) mass is 478 g/mol. The first-order valence-electron chi connectivity index (χ1n) is 11.5. The van der Waals surface area contributed by atoms with Gasteiger partial charge in [0.25, 0.3) is 0 Å². The molecule has 2 aliphatic heterocycles. The summed E-state index contributed by atoms with van der Waals surface area (Å²) in [5, 5.41) is 3.21. The van der Waals surface area contributed by atoms with E-state index in [2.05, 4.69) is 5.32 Å². The maximum absolute atomic E-state index is 15.0. The lowest BCUT2D eigenvalue weighted by molar-refractivity contribution is -0.135. The molecule has 1 atom stereocenters. The summed E-state index contributed by atoms with van der Waals surface area (Å²) in [5.41, 5.74) is 0.930. The Kier molecular flexibility index (Phi) is 7.64. The van der Waals surface area contributed by atoms with E-state index < -0.39 is 11.9 Å². The number of rotatable bonds is 8. The molecule has 0 aromatic heterocycles. The van der Waals surface area contributed by atoms with Crippen LogP contribution in [0.5, 0.6) is 0 Å². The van der Waals surface area contributed by atoms with Crippen molar-refractivity contribution < 1.29 is 23.5 Å². The number of cyclic esters (lactones) is 1. The van der Waals surface area contributed by atoms with Crippen LogP contribution in [0.3, 0.4) is 0 Å². The summed E-state index contributed by atoms with van der Waals surface area (Å²) < 4.78 is 25.3. The summed E-state index contributed by atoms with van der Waals surface area (Å²) in [7, 11) is 1.49. The third-order valence-electron chi connectivity index (χ3n) is 6.58. The highest BCUT2D eigenvalue weighted by atomic mass is 32.1. The molecule has 2 amide bonds. The van der Waals surface area contributed by atoms with Crippen LogP contribution in [0.15, 0.2) is 18.2 Å². The summed E-state index contributed by atoms with van der Waals surface area (Å²) in [5.74, 6) is 0.219. The number of halogens is 1. The number of thiocarbonyl (C=S) groups is 1. The van der Waals surface area contributed by atoms with E-state index in [4.69, 9.17) is 21.7 Å². The van der Waals surface area contributed by atoms with Gasteiger partial charge in [0, 0.05) is 39.7 Å². The summed E-state index contributed by atoms with van der Waals surface area (Å²) >= 11 is 5.40. The SMILES string of the molecule is COCC(=O)N1CCN(c2ccc(N3C[C@H](CNC(=S)CC4CCC4)OC3=O)cc2F)CC1. The van der Waals surface area contributed by atoms with Crippen molar-refractivity contribution in [3.63, 3.8) is 0 Å². The molecule has 2 saturated heterocycles. The Morgan fingerprint density at radius 3 is 2.67 bits per heavy atom. The first kappa shape index (κ1) is 23.7. The van der Waals surface area contributed by atoms with E-state index in [-0.39, 0.29) is 18.6 Å². The van der Waals surface area contributed by atoms with Crippen molar-refractivity contribution in [1.82, 2.24) is 10.2 Å². The highest BCUT2D eigenvalue weighted by Crippen LogP contribution is 2.30. The zero-order valence-corrected chi connectivity index (χ0v) is 19.7. The smallest absolute Gasteiger partial charge is 0.414 e. The molecule has 4 rings (SSSR count). The highest BCUT2D eigenvalue weighted by molar-refractivity contribution is 7.80. The number of nitrogens with zero attached hydrogens (tertiary/aromatic N) is 3. The fraction of sp³-hybridized carbons (Fsp3) is 0.609. The number of methoxy groups -OCH3 is 1. The van der Waals surface area contributed by atoms with Crippen molar-refractivity contribution in [2.24, 2.45) is 5.92 Å². The van der Waals surface area contributed by atoms with E-state index in [1.165, 1.54) is 37.3 Å².